The van der Waals surface area contributed by atoms with E-state index < -0.39 is 10.0 Å². The Morgan fingerprint density at radius 1 is 1.14 bits per heavy atom. The molecule has 0 spiro atoms. The summed E-state index contributed by atoms with van der Waals surface area (Å²) >= 11 is 3.42. The van der Waals surface area contributed by atoms with Gasteiger partial charge in [-0.3, -0.25) is 4.79 Å². The van der Waals surface area contributed by atoms with Crippen molar-refractivity contribution in [3.8, 4) is 5.75 Å². The van der Waals surface area contributed by atoms with Gasteiger partial charge in [0.1, 0.15) is 5.75 Å². The molecular weight excluding hydrogens is 444 g/mol. The predicted molar refractivity (Wildman–Crippen MR) is 114 cm³/mol. The third-order valence-corrected chi connectivity index (χ3v) is 5.83. The van der Waals surface area contributed by atoms with Gasteiger partial charge in [-0.05, 0) is 70.7 Å². The number of sulfonamides is 1. The fourth-order valence-electron chi connectivity index (χ4n) is 2.26. The van der Waals surface area contributed by atoms with Gasteiger partial charge >= 0.3 is 0 Å². The maximum absolute atomic E-state index is 12.5. The smallest absolute Gasteiger partial charge is 0.255 e. The first-order valence-electron chi connectivity index (χ1n) is 9.06. The van der Waals surface area contributed by atoms with Gasteiger partial charge in [-0.2, -0.15) is 0 Å². The summed E-state index contributed by atoms with van der Waals surface area (Å²) in [6, 6.07) is 11.2. The Bertz CT molecular complexity index is 912. The lowest BCUT2D eigenvalue weighted by molar-refractivity contribution is 0.102. The molecule has 0 heterocycles. The van der Waals surface area contributed by atoms with E-state index in [0.29, 0.717) is 47.0 Å². The molecular formula is C20H25BrN2O4S. The highest BCUT2D eigenvalue weighted by atomic mass is 79.9. The summed E-state index contributed by atoms with van der Waals surface area (Å²) in [6.45, 7) is 6.99. The van der Waals surface area contributed by atoms with Crippen LogP contribution in [0.3, 0.4) is 0 Å². The number of nitrogens with one attached hydrogen (secondary N) is 2. The second kappa shape index (κ2) is 10.0. The first-order chi connectivity index (χ1) is 13.2. The molecule has 8 heteroatoms. The van der Waals surface area contributed by atoms with E-state index in [1.54, 1.807) is 30.3 Å². The molecule has 0 aliphatic rings. The number of hydrogen-bond donors (Lipinski definition) is 2. The average molecular weight is 469 g/mol. The molecule has 28 heavy (non-hydrogen) atoms. The molecule has 0 atom stereocenters. The lowest BCUT2D eigenvalue weighted by atomic mass is 10.2. The molecule has 152 valence electrons. The van der Waals surface area contributed by atoms with Crippen LogP contribution < -0.4 is 14.8 Å². The first-order valence-corrected chi connectivity index (χ1v) is 11.3. The lowest BCUT2D eigenvalue weighted by Gasteiger charge is -2.12. The van der Waals surface area contributed by atoms with E-state index in [-0.39, 0.29) is 10.8 Å². The van der Waals surface area contributed by atoms with Crippen LogP contribution in [0.25, 0.3) is 0 Å². The molecule has 0 saturated heterocycles. The van der Waals surface area contributed by atoms with Crippen LogP contribution in [-0.4, -0.2) is 27.5 Å². The number of rotatable bonds is 9. The summed E-state index contributed by atoms with van der Waals surface area (Å²) < 4.78 is 33.1. The van der Waals surface area contributed by atoms with Gasteiger partial charge in [-0.25, -0.2) is 13.1 Å². The standard InChI is InChI=1S/C20H25BrN2O4S/c1-4-11-22-28(25,26)17-8-6-16(7-9-17)23-20(24)15-5-10-19(18(21)12-15)27-13-14(2)3/h5-10,12,14,22H,4,11,13H2,1-3H3,(H,23,24). The van der Waals surface area contributed by atoms with Gasteiger partial charge in [-0.15, -0.1) is 0 Å². The third kappa shape index (κ3) is 6.32. The maximum Gasteiger partial charge on any atom is 0.255 e. The molecule has 0 bridgehead atoms. The van der Waals surface area contributed by atoms with Crippen LogP contribution in [0.2, 0.25) is 0 Å². The van der Waals surface area contributed by atoms with Crippen LogP contribution in [0.4, 0.5) is 5.69 Å². The van der Waals surface area contributed by atoms with Crippen molar-refractivity contribution in [3.63, 3.8) is 0 Å². The zero-order valence-electron chi connectivity index (χ0n) is 16.2. The van der Waals surface area contributed by atoms with Crippen molar-refractivity contribution < 1.29 is 17.9 Å². The van der Waals surface area contributed by atoms with Gasteiger partial charge in [-0.1, -0.05) is 20.8 Å². The number of ether oxygens (including phenoxy) is 1. The van der Waals surface area contributed by atoms with E-state index in [2.05, 4.69) is 39.8 Å². The van der Waals surface area contributed by atoms with Crippen molar-refractivity contribution in [2.75, 3.05) is 18.5 Å². The Morgan fingerprint density at radius 3 is 2.39 bits per heavy atom. The molecule has 6 nitrogen and oxygen atoms in total. The van der Waals surface area contributed by atoms with Crippen LogP contribution in [0.1, 0.15) is 37.6 Å². The van der Waals surface area contributed by atoms with Crippen molar-refractivity contribution in [1.29, 1.82) is 0 Å². The Kier molecular flexibility index (Phi) is 8.03. The average Bonchev–Trinajstić information content (AvgIpc) is 2.65. The van der Waals surface area contributed by atoms with Crippen LogP contribution in [0.15, 0.2) is 51.8 Å². The second-order valence-electron chi connectivity index (χ2n) is 6.73. The quantitative estimate of drug-likeness (QED) is 0.570. The molecule has 2 aromatic carbocycles. The minimum absolute atomic E-state index is 0.161. The van der Waals surface area contributed by atoms with Crippen LogP contribution in [-0.2, 0) is 10.0 Å². The number of amides is 1. The topological polar surface area (TPSA) is 84.5 Å². The first kappa shape index (κ1) is 22.4. The molecule has 0 saturated carbocycles. The highest BCUT2D eigenvalue weighted by molar-refractivity contribution is 9.10. The highest BCUT2D eigenvalue weighted by Gasteiger charge is 2.14. The summed E-state index contributed by atoms with van der Waals surface area (Å²) in [4.78, 5) is 12.6. The summed E-state index contributed by atoms with van der Waals surface area (Å²) in [5, 5.41) is 2.76. The zero-order valence-corrected chi connectivity index (χ0v) is 18.6. The van der Waals surface area contributed by atoms with E-state index in [1.165, 1.54) is 12.1 Å². The van der Waals surface area contributed by atoms with Gasteiger partial charge in [0.25, 0.3) is 5.91 Å². The number of halogens is 1. The number of anilines is 1. The SMILES string of the molecule is CCCNS(=O)(=O)c1ccc(NC(=O)c2ccc(OCC(C)C)c(Br)c2)cc1. The van der Waals surface area contributed by atoms with E-state index in [0.717, 1.165) is 0 Å². The van der Waals surface area contributed by atoms with Crippen molar-refractivity contribution in [2.45, 2.75) is 32.1 Å². The second-order valence-corrected chi connectivity index (χ2v) is 9.35. The van der Waals surface area contributed by atoms with E-state index in [1.807, 2.05) is 6.92 Å². The molecule has 1 amide bonds. The lowest BCUT2D eigenvalue weighted by Crippen LogP contribution is -2.24. The minimum atomic E-state index is -3.52. The maximum atomic E-state index is 12.5. The molecule has 2 rings (SSSR count). The van der Waals surface area contributed by atoms with Gasteiger partial charge < -0.3 is 10.1 Å². The molecule has 0 aromatic heterocycles. The Labute approximate surface area is 174 Å². The van der Waals surface area contributed by atoms with Crippen molar-refractivity contribution in [3.05, 3.63) is 52.5 Å². The molecule has 2 N–H and O–H groups in total. The van der Waals surface area contributed by atoms with Gasteiger partial charge in [0.2, 0.25) is 10.0 Å². The summed E-state index contributed by atoms with van der Waals surface area (Å²) in [5.74, 6) is 0.786. The van der Waals surface area contributed by atoms with E-state index in [9.17, 15) is 13.2 Å². The predicted octanol–water partition coefficient (Wildman–Crippen LogP) is 4.42. The molecule has 2 aromatic rings. The monoisotopic (exact) mass is 468 g/mol. The van der Waals surface area contributed by atoms with Gasteiger partial charge in [0, 0.05) is 17.8 Å². The van der Waals surface area contributed by atoms with Gasteiger partial charge in [0.05, 0.1) is 16.0 Å². The molecule has 0 aliphatic carbocycles. The summed E-state index contributed by atoms with van der Waals surface area (Å²) in [6.07, 6.45) is 0.713. The fourth-order valence-corrected chi connectivity index (χ4v) is 3.88. The Morgan fingerprint density at radius 2 is 1.82 bits per heavy atom. The summed E-state index contributed by atoms with van der Waals surface area (Å²) in [5.41, 5.74) is 0.973. The van der Waals surface area contributed by atoms with Crippen LogP contribution in [0.5, 0.6) is 5.75 Å². The number of carbonyl (C=O) groups is 1. The van der Waals surface area contributed by atoms with Crippen molar-refractivity contribution in [1.82, 2.24) is 4.72 Å². The number of hydrogen-bond acceptors (Lipinski definition) is 4. The molecule has 0 unspecified atom stereocenters. The zero-order chi connectivity index (χ0) is 20.7. The minimum Gasteiger partial charge on any atom is -0.492 e. The molecule has 0 aliphatic heterocycles. The fraction of sp³-hybridized carbons (Fsp3) is 0.350. The number of carbonyl (C=O) groups excluding carboxylic acids is 1. The van der Waals surface area contributed by atoms with Crippen LogP contribution in [0, 0.1) is 5.92 Å². The van der Waals surface area contributed by atoms with E-state index >= 15 is 0 Å². The van der Waals surface area contributed by atoms with E-state index in [4.69, 9.17) is 4.74 Å². The normalized spacial score (nSPS) is 11.5. The van der Waals surface area contributed by atoms with Crippen molar-refractivity contribution >= 4 is 37.5 Å². The Balaban J connectivity index is 2.05. The molecule has 0 fully saturated rings. The van der Waals surface area contributed by atoms with Gasteiger partial charge in [0.15, 0.2) is 0 Å². The largest absolute Gasteiger partial charge is 0.492 e. The molecule has 0 radical (unpaired) electrons. The Hall–Kier alpha value is -1.90. The highest BCUT2D eigenvalue weighted by Crippen LogP contribution is 2.27. The van der Waals surface area contributed by atoms with Crippen molar-refractivity contribution in [2.24, 2.45) is 5.92 Å². The number of benzene rings is 2. The summed E-state index contributed by atoms with van der Waals surface area (Å²) in [7, 11) is -3.52. The third-order valence-electron chi connectivity index (χ3n) is 3.73. The van der Waals surface area contributed by atoms with Crippen LogP contribution >= 0.6 is 15.9 Å².